The maximum atomic E-state index is 14.1. The number of halogens is 1. The fourth-order valence-electron chi connectivity index (χ4n) is 9.70. The van der Waals surface area contributed by atoms with Crippen molar-refractivity contribution < 1.29 is 28.7 Å². The number of anilines is 2. The fraction of sp³-hybridized carbons (Fsp3) is 0.389. The molecule has 0 spiro atoms. The smallest absolute Gasteiger partial charge is 0.259 e. The van der Waals surface area contributed by atoms with Gasteiger partial charge in [0.05, 0.1) is 28.6 Å². The van der Waals surface area contributed by atoms with Crippen LogP contribution in [0, 0.1) is 16.7 Å². The number of oxazole rings is 1. The third kappa shape index (κ3) is 10.8. The van der Waals surface area contributed by atoms with Crippen LogP contribution in [0.2, 0.25) is 5.02 Å². The number of carbonyl (C=O) groups excluding carboxylic acids is 4. The number of piperidine rings is 1. The number of aliphatic hydroxyl groups excluding tert-OH is 1. The first-order valence-corrected chi connectivity index (χ1v) is 24.6. The van der Waals surface area contributed by atoms with Crippen molar-refractivity contribution in [2.75, 3.05) is 36.0 Å². The lowest BCUT2D eigenvalue weighted by atomic mass is 9.85. The van der Waals surface area contributed by atoms with Crippen LogP contribution in [0.1, 0.15) is 89.3 Å². The Labute approximate surface area is 419 Å². The normalized spacial score (nSPS) is 19.0. The second-order valence-corrected chi connectivity index (χ2v) is 20.8. The van der Waals surface area contributed by atoms with Gasteiger partial charge in [-0.15, -0.1) is 0 Å². The second-order valence-electron chi connectivity index (χ2n) is 20.0. The zero-order chi connectivity index (χ0) is 49.9. The van der Waals surface area contributed by atoms with E-state index in [4.69, 9.17) is 28.2 Å². The molecule has 3 fully saturated rings. The third-order valence-corrected chi connectivity index (χ3v) is 14.4. The van der Waals surface area contributed by atoms with Crippen LogP contribution in [0.25, 0.3) is 22.5 Å². The van der Waals surface area contributed by atoms with Gasteiger partial charge in [0.25, 0.3) is 5.91 Å². The van der Waals surface area contributed by atoms with E-state index in [0.29, 0.717) is 34.5 Å². The number of rotatable bonds is 14. The van der Waals surface area contributed by atoms with E-state index >= 15 is 0 Å². The summed E-state index contributed by atoms with van der Waals surface area (Å²) in [6.45, 7) is 12.2. The SMILES string of the molecule is CC(C)(C)[C@H](NC(=O)CCCN1CCC(c2ccc(-c3ccc(N4C(=S)N(c5ccc(C#N)c(Cl)c5)C(=O)C4(C)C)cc3)cc2)CC1)C(=O)N1C[C@H](O)C[C@H]1C(=O)NCc1ccc(-c2cnco2)cc1. The number of hydrogen-bond acceptors (Lipinski definition) is 10. The van der Waals surface area contributed by atoms with Crippen molar-refractivity contribution in [2.24, 2.45) is 5.41 Å². The average molecular weight is 984 g/mol. The Morgan fingerprint density at radius 1 is 0.957 bits per heavy atom. The number of carbonyl (C=O) groups is 4. The van der Waals surface area contributed by atoms with Crippen LogP contribution in [0.4, 0.5) is 11.4 Å². The molecule has 8 rings (SSSR count). The van der Waals surface area contributed by atoms with Crippen LogP contribution < -0.4 is 20.4 Å². The lowest BCUT2D eigenvalue weighted by molar-refractivity contribution is -0.144. The van der Waals surface area contributed by atoms with Crippen molar-refractivity contribution in [3.63, 3.8) is 0 Å². The van der Waals surface area contributed by atoms with Crippen molar-refractivity contribution >= 4 is 63.9 Å². The van der Waals surface area contributed by atoms with E-state index in [1.807, 2.05) is 94.1 Å². The molecule has 1 aromatic heterocycles. The Morgan fingerprint density at radius 2 is 1.60 bits per heavy atom. The topological polar surface area (TPSA) is 175 Å². The molecule has 5 aromatic rings. The molecule has 0 bridgehead atoms. The highest BCUT2D eigenvalue weighted by Gasteiger charge is 2.50. The lowest BCUT2D eigenvalue weighted by Crippen LogP contribution is -2.57. The average Bonchev–Trinajstić information content (AvgIpc) is 4.07. The number of nitriles is 1. The zero-order valence-corrected chi connectivity index (χ0v) is 41.7. The quantitative estimate of drug-likeness (QED) is 0.0915. The largest absolute Gasteiger partial charge is 0.444 e. The maximum absolute atomic E-state index is 14.1. The van der Waals surface area contributed by atoms with E-state index in [1.165, 1.54) is 21.8 Å². The molecule has 3 N–H and O–H groups in total. The number of amides is 4. The van der Waals surface area contributed by atoms with Gasteiger partial charge in [-0.3, -0.25) is 24.1 Å². The molecule has 16 heteroatoms. The van der Waals surface area contributed by atoms with Crippen molar-refractivity contribution in [1.82, 2.24) is 25.4 Å². The Hall–Kier alpha value is -6.44. The van der Waals surface area contributed by atoms with E-state index in [1.54, 1.807) is 24.4 Å². The van der Waals surface area contributed by atoms with Crippen LogP contribution in [-0.2, 0) is 25.7 Å². The first-order valence-electron chi connectivity index (χ1n) is 23.8. The summed E-state index contributed by atoms with van der Waals surface area (Å²) in [6, 6.07) is 29.4. The number of hydrogen-bond donors (Lipinski definition) is 3. The molecular weight excluding hydrogens is 924 g/mol. The number of aliphatic hydroxyl groups is 1. The van der Waals surface area contributed by atoms with Gasteiger partial charge in [-0.1, -0.05) is 93.0 Å². The Kier molecular flexibility index (Phi) is 14.9. The molecule has 3 atom stereocenters. The summed E-state index contributed by atoms with van der Waals surface area (Å²) in [5.74, 6) is -0.0830. The monoisotopic (exact) mass is 982 g/mol. The third-order valence-electron chi connectivity index (χ3n) is 13.7. The van der Waals surface area contributed by atoms with Crippen molar-refractivity contribution in [3.05, 3.63) is 125 Å². The van der Waals surface area contributed by atoms with E-state index in [-0.39, 0.29) is 54.6 Å². The summed E-state index contributed by atoms with van der Waals surface area (Å²) in [5.41, 5.74) is 5.17. The van der Waals surface area contributed by atoms with Gasteiger partial charge in [0.1, 0.15) is 23.7 Å². The minimum Gasteiger partial charge on any atom is -0.444 e. The molecule has 4 heterocycles. The van der Waals surface area contributed by atoms with Gasteiger partial charge in [-0.2, -0.15) is 5.26 Å². The summed E-state index contributed by atoms with van der Waals surface area (Å²) in [6.07, 6.45) is 5.17. The Balaban J connectivity index is 0.791. The van der Waals surface area contributed by atoms with E-state index in [2.05, 4.69) is 44.8 Å². The molecule has 0 radical (unpaired) electrons. The summed E-state index contributed by atoms with van der Waals surface area (Å²) in [7, 11) is 0. The molecular formula is C54H59ClN8O6S. The van der Waals surface area contributed by atoms with Gasteiger partial charge >= 0.3 is 0 Å². The van der Waals surface area contributed by atoms with E-state index < -0.39 is 29.1 Å². The molecule has 0 saturated carbocycles. The summed E-state index contributed by atoms with van der Waals surface area (Å²) in [4.78, 5) is 65.7. The van der Waals surface area contributed by atoms with Crippen molar-refractivity contribution in [3.8, 4) is 28.5 Å². The minimum absolute atomic E-state index is 0.0121. The van der Waals surface area contributed by atoms with Crippen LogP contribution in [0.3, 0.4) is 0 Å². The van der Waals surface area contributed by atoms with Crippen molar-refractivity contribution in [2.45, 2.75) is 103 Å². The molecule has 3 aliphatic rings. The van der Waals surface area contributed by atoms with E-state index in [9.17, 15) is 29.5 Å². The van der Waals surface area contributed by atoms with Gasteiger partial charge in [0, 0.05) is 37.2 Å². The minimum atomic E-state index is -0.951. The zero-order valence-electron chi connectivity index (χ0n) is 40.2. The predicted molar refractivity (Wildman–Crippen MR) is 274 cm³/mol. The molecule has 4 amide bonds. The van der Waals surface area contributed by atoms with Gasteiger partial charge in [0.15, 0.2) is 17.3 Å². The number of β-amino-alcohol motifs (C(OH)–C–C–N with tert-alkyl or cyclic N) is 1. The number of nitrogens with one attached hydrogen (secondary N) is 2. The number of thiocarbonyl (C=S) groups is 1. The molecule has 14 nitrogen and oxygen atoms in total. The maximum Gasteiger partial charge on any atom is 0.259 e. The van der Waals surface area contributed by atoms with Gasteiger partial charge < -0.3 is 34.9 Å². The summed E-state index contributed by atoms with van der Waals surface area (Å²) < 4.78 is 5.35. The molecule has 364 valence electrons. The highest BCUT2D eigenvalue weighted by atomic mass is 35.5. The van der Waals surface area contributed by atoms with Crippen LogP contribution in [0.15, 0.2) is 108 Å². The second kappa shape index (κ2) is 20.9. The first-order chi connectivity index (χ1) is 33.4. The van der Waals surface area contributed by atoms with Crippen molar-refractivity contribution in [1.29, 1.82) is 5.26 Å². The number of likely N-dealkylation sites (tertiary alicyclic amines) is 2. The van der Waals surface area contributed by atoms with E-state index in [0.717, 1.165) is 60.4 Å². The molecule has 3 saturated heterocycles. The molecule has 0 aliphatic carbocycles. The first kappa shape index (κ1) is 50.0. The van der Waals surface area contributed by atoms with Crippen LogP contribution >= 0.6 is 23.8 Å². The Bertz CT molecular complexity index is 2760. The highest BCUT2D eigenvalue weighted by Crippen LogP contribution is 2.39. The number of benzene rings is 4. The van der Waals surface area contributed by atoms with Gasteiger partial charge in [-0.25, -0.2) is 4.98 Å². The standard InChI is InChI=1S/C54H59ClN8O6S/c1-53(2,3)48(50(67)61-32-43(64)28-45(61)49(66)58-30-34-8-10-39(11-9-34)46-31-57-33-69-46)59-47(65)7-6-24-60-25-22-38(23-26-60)36-14-12-35(13-15-36)37-16-19-41(20-17-37)63-52(70)62(51(68)54(63,4)5)42-21-18-40(29-56)44(55)27-42/h8-21,27,31,33,38,43,45,48,64H,6-7,22-26,28,30,32H2,1-5H3,(H,58,66)(H,59,65)/t43-,45+,48-/m1/s1. The highest BCUT2D eigenvalue weighted by molar-refractivity contribution is 7.81. The van der Waals surface area contributed by atoms with Gasteiger partial charge in [0.2, 0.25) is 17.7 Å². The molecule has 70 heavy (non-hydrogen) atoms. The molecule has 0 unspecified atom stereocenters. The summed E-state index contributed by atoms with van der Waals surface area (Å²) in [5, 5.41) is 26.4. The van der Waals surface area contributed by atoms with Crippen LogP contribution in [-0.4, -0.2) is 98.5 Å². The summed E-state index contributed by atoms with van der Waals surface area (Å²) >= 11 is 12.2. The lowest BCUT2D eigenvalue weighted by Gasteiger charge is -2.35. The van der Waals surface area contributed by atoms with Crippen LogP contribution in [0.5, 0.6) is 0 Å². The fourth-order valence-corrected chi connectivity index (χ4v) is 10.4. The molecule has 3 aliphatic heterocycles. The number of aromatic nitrogens is 1. The van der Waals surface area contributed by atoms with Gasteiger partial charge in [-0.05, 0) is 129 Å². The molecule has 4 aromatic carbocycles. The number of nitrogens with zero attached hydrogens (tertiary/aromatic N) is 6. The predicted octanol–water partition coefficient (Wildman–Crippen LogP) is 8.22. The Morgan fingerprint density at radius 3 is 2.21 bits per heavy atom.